The molecular weight excluding hydrogens is 326 g/mol. The summed E-state index contributed by atoms with van der Waals surface area (Å²) in [6.07, 6.45) is 10.9. The molecule has 0 amide bonds. The van der Waals surface area contributed by atoms with Crippen molar-refractivity contribution >= 4 is 0 Å². The number of rotatable bonds is 5. The molecule has 2 aromatic heterocycles. The van der Waals surface area contributed by atoms with Gasteiger partial charge in [-0.25, -0.2) is 0 Å². The van der Waals surface area contributed by atoms with Gasteiger partial charge in [0.05, 0.1) is 19.4 Å². The predicted octanol–water partition coefficient (Wildman–Crippen LogP) is 3.17. The van der Waals surface area contributed by atoms with Crippen molar-refractivity contribution in [3.63, 3.8) is 0 Å². The Balaban J connectivity index is 1.35. The van der Waals surface area contributed by atoms with Crippen LogP contribution in [0.5, 0.6) is 5.75 Å². The molecule has 0 radical (unpaired) electrons. The van der Waals surface area contributed by atoms with Crippen LogP contribution >= 0.6 is 0 Å². The Bertz CT molecular complexity index is 672. The van der Waals surface area contributed by atoms with E-state index in [1.807, 2.05) is 24.5 Å². The Kier molecular flexibility index (Phi) is 5.46. The molecule has 2 aliphatic rings. The molecule has 138 valence electrons. The maximum absolute atomic E-state index is 6.03. The molecule has 2 aromatic rings. The minimum absolute atomic E-state index is 0.356. The first kappa shape index (κ1) is 17.4. The smallest absolute Gasteiger partial charge is 0.137 e. The van der Waals surface area contributed by atoms with E-state index in [0.29, 0.717) is 11.3 Å². The van der Waals surface area contributed by atoms with Gasteiger partial charge in [0.25, 0.3) is 0 Å². The molecule has 2 aliphatic heterocycles. The molecule has 0 bridgehead atoms. The fourth-order valence-corrected chi connectivity index (χ4v) is 4.30. The average Bonchev–Trinajstić information content (AvgIpc) is 2.71. The first-order valence-electron chi connectivity index (χ1n) is 9.56. The molecule has 2 saturated heterocycles. The highest BCUT2D eigenvalue weighted by Gasteiger charge is 2.43. The number of likely N-dealkylation sites (tertiary alicyclic amines) is 1. The SMILES string of the molecule is c1cncc(OCC2COCCC23CCN(Cc2ccncc2)CC3)c1. The van der Waals surface area contributed by atoms with Gasteiger partial charge in [-0.2, -0.15) is 0 Å². The van der Waals surface area contributed by atoms with Crippen LogP contribution in [0.1, 0.15) is 24.8 Å². The number of hydrogen-bond donors (Lipinski definition) is 0. The van der Waals surface area contributed by atoms with Crippen molar-refractivity contribution in [2.45, 2.75) is 25.8 Å². The van der Waals surface area contributed by atoms with Crippen LogP contribution < -0.4 is 4.74 Å². The molecule has 0 saturated carbocycles. The molecular formula is C21H27N3O2. The van der Waals surface area contributed by atoms with Gasteiger partial charge in [-0.1, -0.05) is 0 Å². The first-order valence-corrected chi connectivity index (χ1v) is 9.56. The maximum Gasteiger partial charge on any atom is 0.137 e. The van der Waals surface area contributed by atoms with Crippen LogP contribution in [-0.4, -0.2) is 47.8 Å². The fourth-order valence-electron chi connectivity index (χ4n) is 4.30. The van der Waals surface area contributed by atoms with E-state index in [-0.39, 0.29) is 0 Å². The summed E-state index contributed by atoms with van der Waals surface area (Å²) in [6, 6.07) is 8.12. The zero-order valence-electron chi connectivity index (χ0n) is 15.2. The van der Waals surface area contributed by atoms with Crippen LogP contribution in [0.4, 0.5) is 0 Å². The van der Waals surface area contributed by atoms with Crippen molar-refractivity contribution in [1.82, 2.24) is 14.9 Å². The zero-order chi connectivity index (χ0) is 17.7. The van der Waals surface area contributed by atoms with Gasteiger partial charge >= 0.3 is 0 Å². The Morgan fingerprint density at radius 1 is 1.08 bits per heavy atom. The average molecular weight is 353 g/mol. The van der Waals surface area contributed by atoms with Gasteiger partial charge in [-0.15, -0.1) is 0 Å². The molecule has 2 fully saturated rings. The largest absolute Gasteiger partial charge is 0.492 e. The van der Waals surface area contributed by atoms with Crippen molar-refractivity contribution in [3.05, 3.63) is 54.6 Å². The quantitative estimate of drug-likeness (QED) is 0.826. The molecule has 26 heavy (non-hydrogen) atoms. The Labute approximate surface area is 155 Å². The highest BCUT2D eigenvalue weighted by molar-refractivity contribution is 5.15. The van der Waals surface area contributed by atoms with Crippen molar-refractivity contribution < 1.29 is 9.47 Å². The second-order valence-electron chi connectivity index (χ2n) is 7.52. The third-order valence-electron chi connectivity index (χ3n) is 6.02. The third kappa shape index (κ3) is 4.05. The predicted molar refractivity (Wildman–Crippen MR) is 99.8 cm³/mol. The summed E-state index contributed by atoms with van der Waals surface area (Å²) in [5.41, 5.74) is 1.70. The normalized spacial score (nSPS) is 23.0. The number of aromatic nitrogens is 2. The topological polar surface area (TPSA) is 47.5 Å². The summed E-state index contributed by atoms with van der Waals surface area (Å²) in [7, 11) is 0. The lowest BCUT2D eigenvalue weighted by Crippen LogP contribution is -2.49. The van der Waals surface area contributed by atoms with Crippen molar-refractivity contribution in [1.29, 1.82) is 0 Å². The number of ether oxygens (including phenoxy) is 2. The van der Waals surface area contributed by atoms with Crippen molar-refractivity contribution in [3.8, 4) is 5.75 Å². The van der Waals surface area contributed by atoms with E-state index in [0.717, 1.165) is 51.6 Å². The van der Waals surface area contributed by atoms with Gasteiger partial charge in [0, 0.05) is 37.7 Å². The summed E-state index contributed by atoms with van der Waals surface area (Å²) >= 11 is 0. The third-order valence-corrected chi connectivity index (χ3v) is 6.02. The van der Waals surface area contributed by atoms with Crippen LogP contribution in [0.3, 0.4) is 0 Å². The van der Waals surface area contributed by atoms with Crippen molar-refractivity contribution in [2.24, 2.45) is 11.3 Å². The number of hydrogen-bond acceptors (Lipinski definition) is 5. The molecule has 5 heteroatoms. The van der Waals surface area contributed by atoms with E-state index < -0.39 is 0 Å². The Morgan fingerprint density at radius 3 is 2.69 bits per heavy atom. The summed E-state index contributed by atoms with van der Waals surface area (Å²) in [5, 5.41) is 0. The van der Waals surface area contributed by atoms with Crippen molar-refractivity contribution in [2.75, 3.05) is 32.9 Å². The first-order chi connectivity index (χ1) is 12.8. The summed E-state index contributed by atoms with van der Waals surface area (Å²) < 4.78 is 11.8. The van der Waals surface area contributed by atoms with Crippen LogP contribution in [0.25, 0.3) is 0 Å². The second kappa shape index (κ2) is 8.14. The highest BCUT2D eigenvalue weighted by atomic mass is 16.5. The number of pyridine rings is 2. The zero-order valence-corrected chi connectivity index (χ0v) is 15.2. The molecule has 1 spiro atoms. The molecule has 5 nitrogen and oxygen atoms in total. The lowest BCUT2D eigenvalue weighted by molar-refractivity contribution is -0.0863. The van der Waals surface area contributed by atoms with Gasteiger partial charge in [-0.05, 0) is 67.6 Å². The summed E-state index contributed by atoms with van der Waals surface area (Å²) in [5.74, 6) is 1.31. The van der Waals surface area contributed by atoms with Gasteiger partial charge < -0.3 is 9.47 Å². The summed E-state index contributed by atoms with van der Waals surface area (Å²) in [4.78, 5) is 10.8. The Hall–Kier alpha value is -1.98. The molecule has 1 atom stereocenters. The number of nitrogens with zero attached hydrogens (tertiary/aromatic N) is 3. The monoisotopic (exact) mass is 353 g/mol. The van der Waals surface area contributed by atoms with Crippen LogP contribution in [-0.2, 0) is 11.3 Å². The van der Waals surface area contributed by atoms with Crippen LogP contribution in [0.15, 0.2) is 49.1 Å². The summed E-state index contributed by atoms with van der Waals surface area (Å²) in [6.45, 7) is 5.72. The number of piperidine rings is 1. The van der Waals surface area contributed by atoms with E-state index in [4.69, 9.17) is 9.47 Å². The highest BCUT2D eigenvalue weighted by Crippen LogP contribution is 2.45. The standard InChI is InChI=1S/C21H27N3O2/c1-2-20(14-23-8-1)26-17-19-16-25-13-7-21(19)5-11-24(12-6-21)15-18-3-9-22-10-4-18/h1-4,8-10,14,19H,5-7,11-13,15-17H2. The van der Waals surface area contributed by atoms with E-state index in [1.165, 1.54) is 18.4 Å². The molecule has 0 N–H and O–H groups in total. The molecule has 4 heterocycles. The van der Waals surface area contributed by atoms with E-state index in [9.17, 15) is 0 Å². The molecule has 4 rings (SSSR count). The van der Waals surface area contributed by atoms with Crippen LogP contribution in [0.2, 0.25) is 0 Å². The minimum atomic E-state index is 0.356. The van der Waals surface area contributed by atoms with E-state index in [1.54, 1.807) is 12.4 Å². The second-order valence-corrected chi connectivity index (χ2v) is 7.52. The molecule has 0 aliphatic carbocycles. The molecule has 1 unspecified atom stereocenters. The van der Waals surface area contributed by atoms with Crippen LogP contribution in [0, 0.1) is 11.3 Å². The lowest BCUT2D eigenvalue weighted by atomic mass is 9.66. The van der Waals surface area contributed by atoms with Gasteiger partial charge in [0.1, 0.15) is 5.75 Å². The Morgan fingerprint density at radius 2 is 1.92 bits per heavy atom. The fraction of sp³-hybridized carbons (Fsp3) is 0.524. The van der Waals surface area contributed by atoms with Gasteiger partial charge in [0.15, 0.2) is 0 Å². The minimum Gasteiger partial charge on any atom is -0.492 e. The maximum atomic E-state index is 6.03. The lowest BCUT2D eigenvalue weighted by Gasteiger charge is -2.49. The van der Waals surface area contributed by atoms with Gasteiger partial charge in [-0.3, -0.25) is 14.9 Å². The molecule has 0 aromatic carbocycles. The van der Waals surface area contributed by atoms with E-state index in [2.05, 4.69) is 27.0 Å². The van der Waals surface area contributed by atoms with Gasteiger partial charge in [0.2, 0.25) is 0 Å². The van der Waals surface area contributed by atoms with E-state index >= 15 is 0 Å².